The maximum absolute atomic E-state index is 12.2. The molecule has 0 aliphatic heterocycles. The Morgan fingerprint density at radius 1 is 0.960 bits per heavy atom. The molecule has 0 radical (unpaired) electrons. The molecule has 0 bridgehead atoms. The van der Waals surface area contributed by atoms with Crippen LogP contribution in [0.2, 0.25) is 0 Å². The van der Waals surface area contributed by atoms with Crippen LogP contribution in [0.5, 0.6) is 0 Å². The molecule has 0 saturated heterocycles. The third kappa shape index (κ3) is 4.12. The third-order valence-corrected chi connectivity index (χ3v) is 3.53. The lowest BCUT2D eigenvalue weighted by Crippen LogP contribution is -2.27. The minimum Gasteiger partial charge on any atom is -0.459 e. The first kappa shape index (κ1) is 16.9. The molecule has 3 aromatic rings. The molecule has 0 N–H and O–H groups in total. The standard InChI is InChI=1S/C20H21N3O2/c1-20(2,3)25-17(24)14-23-19(16-12-8-5-9-13-16)18(21-22-23)15-10-6-4-7-11-15/h4-13H,14H2,1-3H3. The fourth-order valence-corrected chi connectivity index (χ4v) is 2.59. The van der Waals surface area contributed by atoms with E-state index in [1.807, 2.05) is 81.4 Å². The zero-order valence-corrected chi connectivity index (χ0v) is 14.6. The van der Waals surface area contributed by atoms with Gasteiger partial charge in [0.25, 0.3) is 0 Å². The van der Waals surface area contributed by atoms with Crippen molar-refractivity contribution >= 4 is 5.97 Å². The maximum Gasteiger partial charge on any atom is 0.328 e. The summed E-state index contributed by atoms with van der Waals surface area (Å²) in [4.78, 5) is 12.2. The number of aromatic nitrogens is 3. The number of rotatable bonds is 4. The molecular formula is C20H21N3O2. The Morgan fingerprint density at radius 2 is 1.52 bits per heavy atom. The molecule has 5 nitrogen and oxygen atoms in total. The van der Waals surface area contributed by atoms with Crippen LogP contribution >= 0.6 is 0 Å². The van der Waals surface area contributed by atoms with Gasteiger partial charge in [0, 0.05) is 11.1 Å². The number of carbonyl (C=O) groups excluding carboxylic acids is 1. The van der Waals surface area contributed by atoms with Gasteiger partial charge in [-0.3, -0.25) is 4.79 Å². The van der Waals surface area contributed by atoms with Crippen LogP contribution in [0.25, 0.3) is 22.5 Å². The van der Waals surface area contributed by atoms with Crippen LogP contribution in [0, 0.1) is 0 Å². The second kappa shape index (κ2) is 6.89. The van der Waals surface area contributed by atoms with Gasteiger partial charge in [0.05, 0.1) is 5.69 Å². The van der Waals surface area contributed by atoms with Crippen molar-refractivity contribution in [3.8, 4) is 22.5 Å². The summed E-state index contributed by atoms with van der Waals surface area (Å²) in [5, 5.41) is 8.52. The van der Waals surface area contributed by atoms with Gasteiger partial charge in [0.15, 0.2) is 0 Å². The van der Waals surface area contributed by atoms with Crippen LogP contribution < -0.4 is 0 Å². The summed E-state index contributed by atoms with van der Waals surface area (Å²) in [7, 11) is 0. The Kier molecular flexibility index (Phi) is 4.65. The fraction of sp³-hybridized carbons (Fsp3) is 0.250. The smallest absolute Gasteiger partial charge is 0.328 e. The van der Waals surface area contributed by atoms with Gasteiger partial charge in [-0.2, -0.15) is 0 Å². The summed E-state index contributed by atoms with van der Waals surface area (Å²) in [6, 6.07) is 19.7. The van der Waals surface area contributed by atoms with Crippen molar-refractivity contribution in [1.29, 1.82) is 0 Å². The summed E-state index contributed by atoms with van der Waals surface area (Å²) < 4.78 is 7.02. The number of nitrogens with zero attached hydrogens (tertiary/aromatic N) is 3. The van der Waals surface area contributed by atoms with Crippen molar-refractivity contribution in [2.24, 2.45) is 0 Å². The molecule has 1 aromatic heterocycles. The number of esters is 1. The minimum atomic E-state index is -0.535. The summed E-state index contributed by atoms with van der Waals surface area (Å²) in [5.74, 6) is -0.339. The van der Waals surface area contributed by atoms with Gasteiger partial charge in [-0.25, -0.2) is 4.68 Å². The summed E-state index contributed by atoms with van der Waals surface area (Å²) in [6.07, 6.45) is 0. The van der Waals surface area contributed by atoms with E-state index in [0.717, 1.165) is 22.5 Å². The Labute approximate surface area is 147 Å². The second-order valence-electron chi connectivity index (χ2n) is 6.76. The zero-order valence-electron chi connectivity index (χ0n) is 14.6. The van der Waals surface area contributed by atoms with Gasteiger partial charge in [-0.1, -0.05) is 65.9 Å². The zero-order chi connectivity index (χ0) is 17.9. The molecule has 0 spiro atoms. The molecule has 25 heavy (non-hydrogen) atoms. The highest BCUT2D eigenvalue weighted by Gasteiger charge is 2.21. The monoisotopic (exact) mass is 335 g/mol. The van der Waals surface area contributed by atoms with Crippen LogP contribution in [0.1, 0.15) is 20.8 Å². The highest BCUT2D eigenvalue weighted by molar-refractivity contribution is 5.79. The van der Waals surface area contributed by atoms with E-state index in [4.69, 9.17) is 4.74 Å². The van der Waals surface area contributed by atoms with Crippen molar-refractivity contribution in [2.75, 3.05) is 0 Å². The average molecular weight is 335 g/mol. The lowest BCUT2D eigenvalue weighted by Gasteiger charge is -2.19. The lowest BCUT2D eigenvalue weighted by molar-refractivity contribution is -0.155. The molecule has 2 aromatic carbocycles. The molecule has 0 amide bonds. The quantitative estimate of drug-likeness (QED) is 0.677. The van der Waals surface area contributed by atoms with E-state index in [1.54, 1.807) is 4.68 Å². The molecule has 5 heteroatoms. The van der Waals surface area contributed by atoms with Crippen molar-refractivity contribution < 1.29 is 9.53 Å². The molecule has 1 heterocycles. The molecular weight excluding hydrogens is 314 g/mol. The highest BCUT2D eigenvalue weighted by atomic mass is 16.6. The first-order chi connectivity index (χ1) is 11.9. The first-order valence-electron chi connectivity index (χ1n) is 8.20. The first-order valence-corrected chi connectivity index (χ1v) is 8.20. The van der Waals surface area contributed by atoms with Crippen molar-refractivity contribution in [1.82, 2.24) is 15.0 Å². The molecule has 128 valence electrons. The minimum absolute atomic E-state index is 0.0152. The Bertz CT molecular complexity index is 850. The van der Waals surface area contributed by atoms with E-state index >= 15 is 0 Å². The topological polar surface area (TPSA) is 57.0 Å². The van der Waals surface area contributed by atoms with E-state index < -0.39 is 5.60 Å². The summed E-state index contributed by atoms with van der Waals surface area (Å²) >= 11 is 0. The van der Waals surface area contributed by atoms with Crippen LogP contribution in [0.15, 0.2) is 60.7 Å². The molecule has 0 aliphatic rings. The normalized spacial score (nSPS) is 11.3. The molecule has 0 unspecified atom stereocenters. The molecule has 0 atom stereocenters. The number of hydrogen-bond donors (Lipinski definition) is 0. The van der Waals surface area contributed by atoms with Gasteiger partial charge in [0.1, 0.15) is 17.8 Å². The largest absolute Gasteiger partial charge is 0.459 e. The van der Waals surface area contributed by atoms with Crippen molar-refractivity contribution in [2.45, 2.75) is 32.9 Å². The van der Waals surface area contributed by atoms with E-state index in [0.29, 0.717) is 0 Å². The van der Waals surface area contributed by atoms with Gasteiger partial charge < -0.3 is 4.74 Å². The van der Waals surface area contributed by atoms with Gasteiger partial charge in [-0.05, 0) is 20.8 Å². The van der Waals surface area contributed by atoms with E-state index in [-0.39, 0.29) is 12.5 Å². The van der Waals surface area contributed by atoms with Crippen LogP contribution in [0.4, 0.5) is 0 Å². The third-order valence-electron chi connectivity index (χ3n) is 3.53. The number of benzene rings is 2. The maximum atomic E-state index is 12.2. The van der Waals surface area contributed by atoms with Gasteiger partial charge in [-0.15, -0.1) is 5.10 Å². The number of ether oxygens (including phenoxy) is 1. The highest BCUT2D eigenvalue weighted by Crippen LogP contribution is 2.30. The summed E-state index contributed by atoms with van der Waals surface area (Å²) in [6.45, 7) is 5.56. The Hall–Kier alpha value is -2.95. The van der Waals surface area contributed by atoms with E-state index in [9.17, 15) is 4.79 Å². The fourth-order valence-electron chi connectivity index (χ4n) is 2.59. The van der Waals surface area contributed by atoms with E-state index in [2.05, 4.69) is 10.3 Å². The molecule has 0 aliphatic carbocycles. The SMILES string of the molecule is CC(C)(C)OC(=O)Cn1nnc(-c2ccccc2)c1-c1ccccc1. The molecule has 3 rings (SSSR count). The number of hydrogen-bond acceptors (Lipinski definition) is 4. The average Bonchev–Trinajstić information content (AvgIpc) is 2.98. The van der Waals surface area contributed by atoms with Gasteiger partial charge >= 0.3 is 5.97 Å². The second-order valence-corrected chi connectivity index (χ2v) is 6.76. The van der Waals surface area contributed by atoms with Gasteiger partial charge in [0.2, 0.25) is 0 Å². The molecule has 0 saturated carbocycles. The Balaban J connectivity index is 2.02. The lowest BCUT2D eigenvalue weighted by atomic mass is 10.0. The molecule has 0 fully saturated rings. The Morgan fingerprint density at radius 3 is 2.08 bits per heavy atom. The van der Waals surface area contributed by atoms with Crippen LogP contribution in [-0.2, 0) is 16.1 Å². The predicted molar refractivity (Wildman–Crippen MR) is 96.7 cm³/mol. The predicted octanol–water partition coefficient (Wildman–Crippen LogP) is 3.95. The van der Waals surface area contributed by atoms with Crippen molar-refractivity contribution in [3.63, 3.8) is 0 Å². The summed E-state index contributed by atoms with van der Waals surface area (Å²) in [5.41, 5.74) is 2.92. The number of carbonyl (C=O) groups is 1. The van der Waals surface area contributed by atoms with Crippen LogP contribution in [-0.4, -0.2) is 26.6 Å². The van der Waals surface area contributed by atoms with E-state index in [1.165, 1.54) is 0 Å². The van der Waals surface area contributed by atoms with Crippen molar-refractivity contribution in [3.05, 3.63) is 60.7 Å². The van der Waals surface area contributed by atoms with Crippen LogP contribution in [0.3, 0.4) is 0 Å².